The Balaban J connectivity index is 1.95. The summed E-state index contributed by atoms with van der Waals surface area (Å²) in [6.07, 6.45) is 2.33. The van der Waals surface area contributed by atoms with Gasteiger partial charge in [0.15, 0.2) is 0 Å². The fraction of sp³-hybridized carbons (Fsp3) is 0.647. The highest BCUT2D eigenvalue weighted by Gasteiger charge is 2.24. The lowest BCUT2D eigenvalue weighted by Crippen LogP contribution is -2.41. The van der Waals surface area contributed by atoms with Gasteiger partial charge >= 0.3 is 0 Å². The maximum Gasteiger partial charge on any atom is 0.0373 e. The molecular formula is C17H28N2. The van der Waals surface area contributed by atoms with Crippen LogP contribution in [0.1, 0.15) is 52.2 Å². The third-order valence-electron chi connectivity index (χ3n) is 3.62. The van der Waals surface area contributed by atoms with Crippen molar-refractivity contribution in [2.45, 2.75) is 59.5 Å². The van der Waals surface area contributed by atoms with Crippen LogP contribution in [0.4, 0.5) is 5.69 Å². The van der Waals surface area contributed by atoms with Gasteiger partial charge in [0.2, 0.25) is 0 Å². The van der Waals surface area contributed by atoms with E-state index in [0.29, 0.717) is 5.41 Å². The van der Waals surface area contributed by atoms with Gasteiger partial charge in [-0.25, -0.2) is 0 Å². The molecule has 1 aromatic carbocycles. The zero-order valence-corrected chi connectivity index (χ0v) is 13.1. The third-order valence-corrected chi connectivity index (χ3v) is 3.62. The van der Waals surface area contributed by atoms with E-state index in [1.165, 1.54) is 23.2 Å². The summed E-state index contributed by atoms with van der Waals surface area (Å²) in [5, 5.41) is 7.11. The molecule has 0 saturated heterocycles. The van der Waals surface area contributed by atoms with Gasteiger partial charge in [0, 0.05) is 24.3 Å². The number of anilines is 1. The third kappa shape index (κ3) is 4.24. The van der Waals surface area contributed by atoms with Crippen LogP contribution in [0.5, 0.6) is 0 Å². The Hall–Kier alpha value is -1.02. The van der Waals surface area contributed by atoms with Gasteiger partial charge in [0.25, 0.3) is 0 Å². The van der Waals surface area contributed by atoms with Crippen LogP contribution in [0.15, 0.2) is 18.2 Å². The Labute approximate surface area is 118 Å². The molecule has 2 nitrogen and oxygen atoms in total. The van der Waals surface area contributed by atoms with Crippen LogP contribution in [0.3, 0.4) is 0 Å². The average molecular weight is 260 g/mol. The lowest BCUT2D eigenvalue weighted by molar-refractivity contribution is 0.241. The molecule has 0 atom stereocenters. The second-order valence-corrected chi connectivity index (χ2v) is 7.64. The summed E-state index contributed by atoms with van der Waals surface area (Å²) in [5.41, 5.74) is 4.71. The summed E-state index contributed by atoms with van der Waals surface area (Å²) in [7, 11) is 0. The summed E-state index contributed by atoms with van der Waals surface area (Å²) in [6, 6.07) is 6.79. The molecule has 0 saturated carbocycles. The zero-order valence-electron chi connectivity index (χ0n) is 13.1. The maximum atomic E-state index is 3.70. The van der Waals surface area contributed by atoms with Crippen molar-refractivity contribution in [3.8, 4) is 0 Å². The van der Waals surface area contributed by atoms with Crippen molar-refractivity contribution in [3.63, 3.8) is 0 Å². The number of hydrogen-bond donors (Lipinski definition) is 2. The monoisotopic (exact) mass is 260 g/mol. The maximum absolute atomic E-state index is 3.70. The Kier molecular flexibility index (Phi) is 3.91. The summed E-state index contributed by atoms with van der Waals surface area (Å²) < 4.78 is 0. The van der Waals surface area contributed by atoms with E-state index in [4.69, 9.17) is 0 Å². The molecule has 0 bridgehead atoms. The zero-order chi connectivity index (χ0) is 14.1. The molecule has 0 radical (unpaired) electrons. The van der Waals surface area contributed by atoms with Crippen molar-refractivity contribution in [3.05, 3.63) is 29.3 Å². The van der Waals surface area contributed by atoms with Gasteiger partial charge in [-0.05, 0) is 49.3 Å². The van der Waals surface area contributed by atoms with Crippen LogP contribution < -0.4 is 10.6 Å². The van der Waals surface area contributed by atoms with Crippen molar-refractivity contribution in [1.82, 2.24) is 5.32 Å². The van der Waals surface area contributed by atoms with Gasteiger partial charge in [-0.15, -0.1) is 0 Å². The van der Waals surface area contributed by atoms with Crippen LogP contribution in [-0.4, -0.2) is 12.1 Å². The van der Waals surface area contributed by atoms with Gasteiger partial charge in [-0.2, -0.15) is 0 Å². The minimum atomic E-state index is 0.176. The van der Waals surface area contributed by atoms with E-state index >= 15 is 0 Å². The molecule has 0 amide bonds. The molecule has 106 valence electrons. The number of hydrogen-bond acceptors (Lipinski definition) is 2. The van der Waals surface area contributed by atoms with Gasteiger partial charge in [0.1, 0.15) is 0 Å². The highest BCUT2D eigenvalue weighted by atomic mass is 15.0. The van der Waals surface area contributed by atoms with Crippen LogP contribution >= 0.6 is 0 Å². The number of rotatable bonds is 4. The van der Waals surface area contributed by atoms with Crippen LogP contribution in [0.2, 0.25) is 0 Å². The van der Waals surface area contributed by atoms with Gasteiger partial charge < -0.3 is 10.6 Å². The van der Waals surface area contributed by atoms with E-state index in [1.807, 2.05) is 0 Å². The molecule has 0 unspecified atom stereocenters. The van der Waals surface area contributed by atoms with Gasteiger partial charge in [0.05, 0.1) is 0 Å². The second kappa shape index (κ2) is 5.16. The lowest BCUT2D eigenvalue weighted by atomic mass is 9.81. The van der Waals surface area contributed by atoms with E-state index in [-0.39, 0.29) is 5.54 Å². The number of fused-ring (bicyclic) bond motifs is 1. The summed E-state index contributed by atoms with van der Waals surface area (Å²) >= 11 is 0. The number of nitrogens with one attached hydrogen (secondary N) is 2. The molecule has 19 heavy (non-hydrogen) atoms. The minimum absolute atomic E-state index is 0.176. The highest BCUT2D eigenvalue weighted by Crippen LogP contribution is 2.27. The van der Waals surface area contributed by atoms with Crippen molar-refractivity contribution in [2.24, 2.45) is 5.41 Å². The fourth-order valence-electron chi connectivity index (χ4n) is 3.20. The Bertz CT molecular complexity index is 441. The standard InChI is InChI=1S/C17H28N2/c1-16(2,3)12-17(4,5)19-11-13-6-7-15-14(10-13)8-9-18-15/h6-7,10,18-19H,8-9,11-12H2,1-5H3. The molecule has 0 aromatic heterocycles. The van der Waals surface area contributed by atoms with Crippen LogP contribution in [0, 0.1) is 5.41 Å². The molecule has 0 aliphatic carbocycles. The first kappa shape index (κ1) is 14.4. The topological polar surface area (TPSA) is 24.1 Å². The summed E-state index contributed by atoms with van der Waals surface area (Å²) in [4.78, 5) is 0. The molecule has 1 aromatic rings. The van der Waals surface area contributed by atoms with Crippen molar-refractivity contribution in [2.75, 3.05) is 11.9 Å². The van der Waals surface area contributed by atoms with Crippen molar-refractivity contribution in [1.29, 1.82) is 0 Å². The Morgan fingerprint density at radius 2 is 1.89 bits per heavy atom. The first-order valence-electron chi connectivity index (χ1n) is 7.36. The van der Waals surface area contributed by atoms with Gasteiger partial charge in [-0.3, -0.25) is 0 Å². The fourth-order valence-corrected chi connectivity index (χ4v) is 3.20. The smallest absolute Gasteiger partial charge is 0.0373 e. The molecule has 1 heterocycles. The quantitative estimate of drug-likeness (QED) is 0.856. The van der Waals surface area contributed by atoms with Crippen LogP contribution in [0.25, 0.3) is 0 Å². The van der Waals surface area contributed by atoms with Gasteiger partial charge in [-0.1, -0.05) is 32.9 Å². The Morgan fingerprint density at radius 3 is 2.58 bits per heavy atom. The first-order valence-corrected chi connectivity index (χ1v) is 7.36. The average Bonchev–Trinajstić information content (AvgIpc) is 2.70. The molecule has 2 N–H and O–H groups in total. The first-order chi connectivity index (χ1) is 8.75. The largest absolute Gasteiger partial charge is 0.384 e. The van der Waals surface area contributed by atoms with Crippen molar-refractivity contribution >= 4 is 5.69 Å². The predicted molar refractivity (Wildman–Crippen MR) is 83.6 cm³/mol. The molecule has 2 rings (SSSR count). The SMILES string of the molecule is CC(C)(C)CC(C)(C)NCc1ccc2c(c1)CCN2. The molecular weight excluding hydrogens is 232 g/mol. The summed E-state index contributed by atoms with van der Waals surface area (Å²) in [6.45, 7) is 13.5. The number of benzene rings is 1. The normalized spacial score (nSPS) is 15.2. The lowest BCUT2D eigenvalue weighted by Gasteiger charge is -2.33. The van der Waals surface area contributed by atoms with Crippen molar-refractivity contribution < 1.29 is 0 Å². The van der Waals surface area contributed by atoms with Crippen LogP contribution in [-0.2, 0) is 13.0 Å². The molecule has 1 aliphatic rings. The second-order valence-electron chi connectivity index (χ2n) is 7.64. The molecule has 2 heteroatoms. The molecule has 0 spiro atoms. The highest BCUT2D eigenvalue weighted by molar-refractivity contribution is 5.56. The molecule has 0 fully saturated rings. The Morgan fingerprint density at radius 1 is 1.16 bits per heavy atom. The molecule has 1 aliphatic heterocycles. The van der Waals surface area contributed by atoms with E-state index in [1.54, 1.807) is 0 Å². The van der Waals surface area contributed by atoms with E-state index in [9.17, 15) is 0 Å². The predicted octanol–water partition coefficient (Wildman–Crippen LogP) is 3.96. The van der Waals surface area contributed by atoms with E-state index in [0.717, 1.165) is 19.5 Å². The van der Waals surface area contributed by atoms with E-state index < -0.39 is 0 Å². The summed E-state index contributed by atoms with van der Waals surface area (Å²) in [5.74, 6) is 0. The van der Waals surface area contributed by atoms with E-state index in [2.05, 4.69) is 63.5 Å². The minimum Gasteiger partial charge on any atom is -0.384 e.